The Balaban J connectivity index is 1.86. The van der Waals surface area contributed by atoms with Crippen molar-refractivity contribution in [1.29, 1.82) is 0 Å². The molecule has 1 fully saturated rings. The van der Waals surface area contributed by atoms with Crippen molar-refractivity contribution in [3.05, 3.63) is 41.6 Å². The van der Waals surface area contributed by atoms with E-state index in [9.17, 15) is 0 Å². The number of para-hydroxylation sites is 1. The highest BCUT2D eigenvalue weighted by atomic mass is 14.8. The molecule has 0 amide bonds. The lowest BCUT2D eigenvalue weighted by Crippen LogP contribution is -2.12. The van der Waals surface area contributed by atoms with Crippen LogP contribution in [0.25, 0.3) is 10.9 Å². The van der Waals surface area contributed by atoms with Crippen LogP contribution in [0.1, 0.15) is 43.0 Å². The molecule has 1 unspecified atom stereocenters. The van der Waals surface area contributed by atoms with Gasteiger partial charge in [0.25, 0.3) is 0 Å². The molecule has 1 aliphatic rings. The van der Waals surface area contributed by atoms with Crippen molar-refractivity contribution < 1.29 is 0 Å². The Kier molecular flexibility index (Phi) is 3.04. The third kappa shape index (κ3) is 2.39. The molecular formula is C16H20N2. The second-order valence-corrected chi connectivity index (χ2v) is 5.51. The fourth-order valence-corrected chi connectivity index (χ4v) is 2.54. The Morgan fingerprint density at radius 2 is 2.11 bits per heavy atom. The van der Waals surface area contributed by atoms with E-state index in [1.807, 2.05) is 6.07 Å². The Bertz CT molecular complexity index is 558. The number of hydrogen-bond acceptors (Lipinski definition) is 2. The molecule has 1 aliphatic carbocycles. The fraction of sp³-hybridized carbons (Fsp3) is 0.438. The fourth-order valence-electron chi connectivity index (χ4n) is 2.54. The van der Waals surface area contributed by atoms with E-state index in [1.54, 1.807) is 0 Å². The van der Waals surface area contributed by atoms with E-state index in [2.05, 4.69) is 31.2 Å². The number of nitrogens with two attached hydrogens (primary N) is 1. The summed E-state index contributed by atoms with van der Waals surface area (Å²) in [5.41, 5.74) is 9.66. The van der Waals surface area contributed by atoms with Crippen LogP contribution in [0.15, 0.2) is 30.3 Å². The SMILES string of the molecule is Cc1cc(C(N)CCC2CC2)nc2ccccc12. The molecule has 0 radical (unpaired) electrons. The van der Waals surface area contributed by atoms with Gasteiger partial charge in [-0.1, -0.05) is 31.0 Å². The van der Waals surface area contributed by atoms with Gasteiger partial charge in [0.1, 0.15) is 0 Å². The number of hydrogen-bond donors (Lipinski definition) is 1. The summed E-state index contributed by atoms with van der Waals surface area (Å²) in [7, 11) is 0. The summed E-state index contributed by atoms with van der Waals surface area (Å²) in [5.74, 6) is 0.942. The first kappa shape index (κ1) is 11.7. The van der Waals surface area contributed by atoms with Crippen LogP contribution in [0.5, 0.6) is 0 Å². The van der Waals surface area contributed by atoms with Gasteiger partial charge in [-0.25, -0.2) is 0 Å². The summed E-state index contributed by atoms with van der Waals surface area (Å²) in [4.78, 5) is 4.71. The molecule has 2 aromatic rings. The van der Waals surface area contributed by atoms with Crippen LogP contribution in [0.2, 0.25) is 0 Å². The van der Waals surface area contributed by atoms with E-state index < -0.39 is 0 Å². The highest BCUT2D eigenvalue weighted by Gasteiger charge is 2.22. The summed E-state index contributed by atoms with van der Waals surface area (Å²) in [6.45, 7) is 2.14. The first-order valence-electron chi connectivity index (χ1n) is 6.86. The molecule has 18 heavy (non-hydrogen) atoms. The van der Waals surface area contributed by atoms with Crippen molar-refractivity contribution in [2.45, 2.75) is 38.6 Å². The minimum atomic E-state index is 0.0916. The number of rotatable bonds is 4. The van der Waals surface area contributed by atoms with Crippen LogP contribution in [-0.2, 0) is 0 Å². The van der Waals surface area contributed by atoms with Gasteiger partial charge in [-0.15, -0.1) is 0 Å². The molecule has 0 spiro atoms. The van der Waals surface area contributed by atoms with Crippen molar-refractivity contribution in [1.82, 2.24) is 4.98 Å². The van der Waals surface area contributed by atoms with Gasteiger partial charge in [0.2, 0.25) is 0 Å². The number of fused-ring (bicyclic) bond motifs is 1. The number of aryl methyl sites for hydroxylation is 1. The number of benzene rings is 1. The number of aromatic nitrogens is 1. The lowest BCUT2D eigenvalue weighted by atomic mass is 10.0. The zero-order chi connectivity index (χ0) is 12.5. The highest BCUT2D eigenvalue weighted by Crippen LogP contribution is 2.35. The van der Waals surface area contributed by atoms with Gasteiger partial charge in [0.05, 0.1) is 11.2 Å². The third-order valence-corrected chi connectivity index (χ3v) is 3.91. The average molecular weight is 240 g/mol. The molecule has 3 rings (SSSR count). The maximum absolute atomic E-state index is 6.27. The zero-order valence-corrected chi connectivity index (χ0v) is 10.9. The van der Waals surface area contributed by atoms with Gasteiger partial charge >= 0.3 is 0 Å². The van der Waals surface area contributed by atoms with Gasteiger partial charge in [0.15, 0.2) is 0 Å². The molecular weight excluding hydrogens is 220 g/mol. The molecule has 0 saturated heterocycles. The van der Waals surface area contributed by atoms with Crippen molar-refractivity contribution >= 4 is 10.9 Å². The normalized spacial score (nSPS) is 17.0. The van der Waals surface area contributed by atoms with E-state index >= 15 is 0 Å². The van der Waals surface area contributed by atoms with Crippen molar-refractivity contribution in [2.24, 2.45) is 11.7 Å². The topological polar surface area (TPSA) is 38.9 Å². The quantitative estimate of drug-likeness (QED) is 0.884. The van der Waals surface area contributed by atoms with Crippen LogP contribution >= 0.6 is 0 Å². The van der Waals surface area contributed by atoms with Crippen LogP contribution in [0.4, 0.5) is 0 Å². The summed E-state index contributed by atoms with van der Waals surface area (Å²) in [6.07, 6.45) is 5.12. The van der Waals surface area contributed by atoms with E-state index in [0.29, 0.717) is 0 Å². The first-order chi connectivity index (χ1) is 8.74. The maximum Gasteiger partial charge on any atom is 0.0708 e. The molecule has 1 atom stereocenters. The molecule has 0 bridgehead atoms. The third-order valence-electron chi connectivity index (χ3n) is 3.91. The first-order valence-corrected chi connectivity index (χ1v) is 6.86. The van der Waals surface area contributed by atoms with Crippen LogP contribution in [-0.4, -0.2) is 4.98 Å². The molecule has 0 aliphatic heterocycles. The molecule has 2 N–H and O–H groups in total. The maximum atomic E-state index is 6.27. The van der Waals surface area contributed by atoms with Crippen molar-refractivity contribution in [3.63, 3.8) is 0 Å². The van der Waals surface area contributed by atoms with Gasteiger partial charge in [-0.05, 0) is 43.4 Å². The zero-order valence-electron chi connectivity index (χ0n) is 10.9. The van der Waals surface area contributed by atoms with Crippen molar-refractivity contribution in [3.8, 4) is 0 Å². The largest absolute Gasteiger partial charge is 0.323 e. The van der Waals surface area contributed by atoms with Gasteiger partial charge in [-0.3, -0.25) is 4.98 Å². The molecule has 1 aromatic heterocycles. The summed E-state index contributed by atoms with van der Waals surface area (Å²) in [5, 5.41) is 1.23. The standard InChI is InChI=1S/C16H20N2/c1-11-10-16(14(17)9-8-12-6-7-12)18-15-5-3-2-4-13(11)15/h2-5,10,12,14H,6-9,17H2,1H3. The minimum absolute atomic E-state index is 0.0916. The Hall–Kier alpha value is -1.41. The monoisotopic (exact) mass is 240 g/mol. The average Bonchev–Trinajstić information content (AvgIpc) is 3.20. The van der Waals surface area contributed by atoms with Crippen LogP contribution < -0.4 is 5.73 Å². The predicted octanol–water partition coefficient (Wildman–Crippen LogP) is 3.73. The van der Waals surface area contributed by atoms with E-state index in [-0.39, 0.29) is 6.04 Å². The molecule has 1 saturated carbocycles. The minimum Gasteiger partial charge on any atom is -0.323 e. The van der Waals surface area contributed by atoms with E-state index in [1.165, 1.54) is 30.2 Å². The van der Waals surface area contributed by atoms with Gasteiger partial charge in [-0.2, -0.15) is 0 Å². The molecule has 1 heterocycles. The van der Waals surface area contributed by atoms with Crippen molar-refractivity contribution in [2.75, 3.05) is 0 Å². The molecule has 1 aromatic carbocycles. The summed E-state index contributed by atoms with van der Waals surface area (Å²) in [6, 6.07) is 10.5. The predicted molar refractivity (Wildman–Crippen MR) is 75.4 cm³/mol. The smallest absolute Gasteiger partial charge is 0.0708 e. The van der Waals surface area contributed by atoms with Gasteiger partial charge < -0.3 is 5.73 Å². The lowest BCUT2D eigenvalue weighted by molar-refractivity contribution is 0.566. The lowest BCUT2D eigenvalue weighted by Gasteiger charge is -2.13. The second kappa shape index (κ2) is 4.69. The molecule has 2 heteroatoms. The number of pyridine rings is 1. The summed E-state index contributed by atoms with van der Waals surface area (Å²) >= 11 is 0. The van der Waals surface area contributed by atoms with Crippen LogP contribution in [0.3, 0.4) is 0 Å². The number of nitrogens with zero attached hydrogens (tertiary/aromatic N) is 1. The molecule has 2 nitrogen and oxygen atoms in total. The van der Waals surface area contributed by atoms with Crippen LogP contribution in [0, 0.1) is 12.8 Å². The molecule has 94 valence electrons. The highest BCUT2D eigenvalue weighted by molar-refractivity contribution is 5.82. The van der Waals surface area contributed by atoms with E-state index in [0.717, 1.165) is 23.5 Å². The Morgan fingerprint density at radius 3 is 2.89 bits per heavy atom. The second-order valence-electron chi connectivity index (χ2n) is 5.51. The Labute approximate surface area is 108 Å². The van der Waals surface area contributed by atoms with Gasteiger partial charge in [0, 0.05) is 11.4 Å². The van der Waals surface area contributed by atoms with E-state index in [4.69, 9.17) is 10.7 Å². The Morgan fingerprint density at radius 1 is 1.33 bits per heavy atom. The summed E-state index contributed by atoms with van der Waals surface area (Å²) < 4.78 is 0.